The highest BCUT2D eigenvalue weighted by Crippen LogP contribution is 2.34. The Morgan fingerprint density at radius 2 is 2.09 bits per heavy atom. The molecule has 0 atom stereocenters. The lowest BCUT2D eigenvalue weighted by Crippen LogP contribution is -2.13. The van der Waals surface area contributed by atoms with Crippen LogP contribution in [0.15, 0.2) is 46.0 Å². The van der Waals surface area contributed by atoms with Gasteiger partial charge in [-0.15, -0.1) is 11.3 Å². The number of hydrogen-bond donors (Lipinski definition) is 3. The van der Waals surface area contributed by atoms with Crippen LogP contribution in [0.25, 0.3) is 21.5 Å². The van der Waals surface area contributed by atoms with E-state index < -0.39 is 0 Å². The summed E-state index contributed by atoms with van der Waals surface area (Å²) in [6.07, 6.45) is 3.46. The quantitative estimate of drug-likeness (QED) is 0.349. The van der Waals surface area contributed by atoms with Crippen LogP contribution in [0.3, 0.4) is 0 Å². The van der Waals surface area contributed by atoms with Crippen LogP contribution in [-0.4, -0.2) is 31.8 Å². The number of nitrogens with one attached hydrogen (secondary N) is 3. The molecule has 0 bridgehead atoms. The molecule has 33 heavy (non-hydrogen) atoms. The third-order valence-corrected chi connectivity index (χ3v) is 7.61. The lowest BCUT2D eigenvalue weighted by molar-refractivity contribution is -0.115. The molecule has 1 amide bonds. The first-order valence-electron chi connectivity index (χ1n) is 10.6. The minimum absolute atomic E-state index is 0.0513. The number of carbonyl (C=O) groups excluding carboxylic acids is 1. The number of thioether (sulfide) groups is 1. The van der Waals surface area contributed by atoms with Gasteiger partial charge in [0.2, 0.25) is 5.91 Å². The largest absolute Gasteiger partial charge is 0.326 e. The van der Waals surface area contributed by atoms with Crippen molar-refractivity contribution in [2.45, 2.75) is 31.4 Å². The van der Waals surface area contributed by atoms with Gasteiger partial charge in [0.25, 0.3) is 11.1 Å². The van der Waals surface area contributed by atoms with E-state index in [9.17, 15) is 14.4 Å². The monoisotopic (exact) mass is 479 g/mol. The zero-order valence-electron chi connectivity index (χ0n) is 17.6. The van der Waals surface area contributed by atoms with Gasteiger partial charge in [-0.1, -0.05) is 12.1 Å². The molecule has 0 unspecified atom stereocenters. The van der Waals surface area contributed by atoms with Gasteiger partial charge < -0.3 is 10.3 Å². The van der Waals surface area contributed by atoms with Crippen molar-refractivity contribution in [2.75, 3.05) is 11.1 Å². The maximum Gasteiger partial charge on any atom is 0.264 e. The molecule has 0 fully saturated rings. The second-order valence-electron chi connectivity index (χ2n) is 7.79. The molecular weight excluding hydrogens is 458 g/mol. The number of nitrogens with zero attached hydrogens (tertiary/aromatic N) is 2. The summed E-state index contributed by atoms with van der Waals surface area (Å²) in [6.45, 7) is 0. The normalized spacial score (nSPS) is 12.7. The SMILES string of the molecule is O=C(CCSCc1nc2sc3c(c2c(=O)[nH]1)CCC3)Nc1cccc(-c2ccc(=O)[nH]n2)c1. The Kier molecular flexibility index (Phi) is 6.10. The van der Waals surface area contributed by atoms with E-state index in [1.807, 2.05) is 24.3 Å². The third-order valence-electron chi connectivity index (χ3n) is 5.46. The zero-order chi connectivity index (χ0) is 22.8. The number of aromatic nitrogens is 4. The van der Waals surface area contributed by atoms with E-state index >= 15 is 0 Å². The van der Waals surface area contributed by atoms with Gasteiger partial charge in [0, 0.05) is 34.4 Å². The van der Waals surface area contributed by atoms with Crippen molar-refractivity contribution in [3.05, 3.63) is 73.4 Å². The highest BCUT2D eigenvalue weighted by Gasteiger charge is 2.21. The number of benzene rings is 1. The van der Waals surface area contributed by atoms with Crippen molar-refractivity contribution >= 4 is 44.9 Å². The average molecular weight is 480 g/mol. The number of thiophene rings is 1. The predicted octanol–water partition coefficient (Wildman–Crippen LogP) is 3.49. The Bertz CT molecular complexity index is 1440. The summed E-state index contributed by atoms with van der Waals surface area (Å²) in [4.78, 5) is 45.8. The van der Waals surface area contributed by atoms with E-state index in [-0.39, 0.29) is 17.0 Å². The Balaban J connectivity index is 1.15. The van der Waals surface area contributed by atoms with E-state index in [1.54, 1.807) is 29.2 Å². The fourth-order valence-corrected chi connectivity index (χ4v) is 6.02. The standard InChI is InChI=1S/C23H21N5O3S2/c29-19(24-14-4-1-3-13(11-14)16-7-8-20(30)28-27-16)9-10-32-12-18-25-22(31)21-15-5-2-6-17(15)33-23(21)26-18/h1,3-4,7-8,11H,2,5-6,9-10,12H2,(H,24,29)(H,28,30)(H,25,26,31). The number of fused-ring (bicyclic) bond motifs is 3. The van der Waals surface area contributed by atoms with Crippen molar-refractivity contribution in [1.29, 1.82) is 0 Å². The van der Waals surface area contributed by atoms with Crippen LogP contribution in [0.2, 0.25) is 0 Å². The van der Waals surface area contributed by atoms with Crippen molar-refractivity contribution < 1.29 is 4.79 Å². The molecule has 1 aliphatic carbocycles. The molecule has 0 aliphatic heterocycles. The topological polar surface area (TPSA) is 121 Å². The first-order valence-corrected chi connectivity index (χ1v) is 12.6. The van der Waals surface area contributed by atoms with Crippen molar-refractivity contribution in [3.63, 3.8) is 0 Å². The van der Waals surface area contributed by atoms with Crippen LogP contribution in [0.1, 0.15) is 29.1 Å². The molecule has 0 radical (unpaired) electrons. The zero-order valence-corrected chi connectivity index (χ0v) is 19.3. The van der Waals surface area contributed by atoms with Crippen LogP contribution < -0.4 is 16.4 Å². The summed E-state index contributed by atoms with van der Waals surface area (Å²) >= 11 is 3.20. The van der Waals surface area contributed by atoms with Crippen LogP contribution in [0.5, 0.6) is 0 Å². The third kappa shape index (κ3) is 4.76. The first kappa shape index (κ1) is 21.6. The van der Waals surface area contributed by atoms with E-state index in [2.05, 4.69) is 25.5 Å². The van der Waals surface area contributed by atoms with Crippen molar-refractivity contribution in [1.82, 2.24) is 20.2 Å². The first-order chi connectivity index (χ1) is 16.1. The number of aromatic amines is 2. The number of aryl methyl sites for hydroxylation is 2. The highest BCUT2D eigenvalue weighted by atomic mass is 32.2. The van der Waals surface area contributed by atoms with Gasteiger partial charge in [-0.05, 0) is 43.0 Å². The Morgan fingerprint density at radius 1 is 1.18 bits per heavy atom. The summed E-state index contributed by atoms with van der Waals surface area (Å²) in [5, 5.41) is 10.1. The van der Waals surface area contributed by atoms with Gasteiger partial charge in [-0.2, -0.15) is 16.9 Å². The van der Waals surface area contributed by atoms with Crippen LogP contribution in [0.4, 0.5) is 5.69 Å². The molecule has 0 saturated heterocycles. The van der Waals surface area contributed by atoms with Gasteiger partial charge in [0.15, 0.2) is 0 Å². The van der Waals surface area contributed by atoms with E-state index in [1.165, 1.54) is 16.5 Å². The molecule has 3 N–H and O–H groups in total. The molecule has 1 aliphatic rings. The fourth-order valence-electron chi connectivity index (χ4n) is 3.93. The fraction of sp³-hybridized carbons (Fsp3) is 0.261. The lowest BCUT2D eigenvalue weighted by atomic mass is 10.1. The minimum Gasteiger partial charge on any atom is -0.326 e. The van der Waals surface area contributed by atoms with E-state index in [4.69, 9.17) is 0 Å². The second-order valence-corrected chi connectivity index (χ2v) is 9.98. The molecule has 3 heterocycles. The Labute approximate surface area is 196 Å². The van der Waals surface area contributed by atoms with Crippen LogP contribution >= 0.6 is 23.1 Å². The second kappa shape index (κ2) is 9.32. The van der Waals surface area contributed by atoms with Gasteiger partial charge in [-0.25, -0.2) is 10.1 Å². The summed E-state index contributed by atoms with van der Waals surface area (Å²) in [7, 11) is 0. The maximum atomic E-state index is 12.5. The van der Waals surface area contributed by atoms with Gasteiger partial charge in [0.1, 0.15) is 10.7 Å². The molecule has 4 aromatic rings. The minimum atomic E-state index is -0.265. The lowest BCUT2D eigenvalue weighted by Gasteiger charge is -2.07. The van der Waals surface area contributed by atoms with Gasteiger partial charge >= 0.3 is 0 Å². The van der Waals surface area contributed by atoms with Gasteiger partial charge in [-0.3, -0.25) is 14.4 Å². The number of rotatable bonds is 7. The number of anilines is 1. The van der Waals surface area contributed by atoms with E-state index in [0.29, 0.717) is 35.1 Å². The van der Waals surface area contributed by atoms with Crippen LogP contribution in [-0.2, 0) is 23.4 Å². The molecule has 168 valence electrons. The molecule has 3 aromatic heterocycles. The Hall–Kier alpha value is -3.24. The molecule has 8 nitrogen and oxygen atoms in total. The van der Waals surface area contributed by atoms with Crippen molar-refractivity contribution in [2.24, 2.45) is 0 Å². The van der Waals surface area contributed by atoms with Gasteiger partial charge in [0.05, 0.1) is 16.8 Å². The summed E-state index contributed by atoms with van der Waals surface area (Å²) in [5.74, 6) is 1.71. The Morgan fingerprint density at radius 3 is 2.94 bits per heavy atom. The molecule has 1 aromatic carbocycles. The number of carbonyl (C=O) groups is 1. The van der Waals surface area contributed by atoms with Crippen LogP contribution in [0, 0.1) is 0 Å². The number of amides is 1. The summed E-state index contributed by atoms with van der Waals surface area (Å²) in [6, 6.07) is 10.4. The van der Waals surface area contributed by atoms with E-state index in [0.717, 1.165) is 35.0 Å². The smallest absolute Gasteiger partial charge is 0.264 e. The molecular formula is C23H21N5O3S2. The summed E-state index contributed by atoms with van der Waals surface area (Å²) < 4.78 is 0. The molecule has 0 saturated carbocycles. The number of H-pyrrole nitrogens is 2. The molecule has 10 heteroatoms. The highest BCUT2D eigenvalue weighted by molar-refractivity contribution is 7.98. The predicted molar refractivity (Wildman–Crippen MR) is 132 cm³/mol. The average Bonchev–Trinajstić information content (AvgIpc) is 3.38. The number of hydrogen-bond acceptors (Lipinski definition) is 7. The summed E-state index contributed by atoms with van der Waals surface area (Å²) in [5.41, 5.74) is 2.94. The van der Waals surface area contributed by atoms with Crippen molar-refractivity contribution in [3.8, 4) is 11.3 Å². The molecule has 0 spiro atoms. The molecule has 5 rings (SSSR count). The maximum absolute atomic E-state index is 12.5.